The van der Waals surface area contributed by atoms with Gasteiger partial charge in [0, 0.05) is 31.0 Å². The summed E-state index contributed by atoms with van der Waals surface area (Å²) in [6, 6.07) is 10.7. The topological polar surface area (TPSA) is 71.4 Å². The van der Waals surface area contributed by atoms with Crippen molar-refractivity contribution in [3.05, 3.63) is 53.7 Å². The van der Waals surface area contributed by atoms with E-state index in [2.05, 4.69) is 49.3 Å². The summed E-state index contributed by atoms with van der Waals surface area (Å²) in [7, 11) is 0. The lowest BCUT2D eigenvalue weighted by Gasteiger charge is -2.23. The quantitative estimate of drug-likeness (QED) is 0.756. The van der Waals surface area contributed by atoms with Gasteiger partial charge in [0.15, 0.2) is 5.82 Å². The van der Waals surface area contributed by atoms with Crippen molar-refractivity contribution in [1.29, 1.82) is 0 Å². The number of aryl methyl sites for hydroxylation is 2. The number of hydrogen-bond donors (Lipinski definition) is 2. The van der Waals surface area contributed by atoms with E-state index in [9.17, 15) is 0 Å². The Morgan fingerprint density at radius 3 is 3.00 bits per heavy atom. The van der Waals surface area contributed by atoms with Gasteiger partial charge in [-0.15, -0.1) is 0 Å². The van der Waals surface area contributed by atoms with E-state index in [1.54, 1.807) is 0 Å². The minimum atomic E-state index is 0.419. The minimum absolute atomic E-state index is 0.419. The maximum atomic E-state index is 4.58. The molecule has 124 valence electrons. The number of H-pyrrole nitrogens is 1. The molecule has 2 aromatic heterocycles. The second-order valence-corrected chi connectivity index (χ2v) is 6.23. The van der Waals surface area contributed by atoms with Gasteiger partial charge in [-0.3, -0.25) is 5.10 Å². The first kappa shape index (κ1) is 15.1. The predicted molar refractivity (Wildman–Crippen MR) is 92.4 cm³/mol. The average Bonchev–Trinajstić information content (AvgIpc) is 3.26. The lowest BCUT2D eigenvalue weighted by molar-refractivity contribution is 0.357. The van der Waals surface area contributed by atoms with Gasteiger partial charge in [0.05, 0.1) is 18.4 Å². The zero-order valence-corrected chi connectivity index (χ0v) is 13.9. The van der Waals surface area contributed by atoms with Gasteiger partial charge in [-0.05, 0) is 12.0 Å². The summed E-state index contributed by atoms with van der Waals surface area (Å²) < 4.78 is 2.06. The zero-order chi connectivity index (χ0) is 16.4. The molecule has 3 aromatic rings. The van der Waals surface area contributed by atoms with Crippen molar-refractivity contribution in [1.82, 2.24) is 30.3 Å². The van der Waals surface area contributed by atoms with Crippen LogP contribution in [0.25, 0.3) is 11.3 Å². The predicted octanol–water partition coefficient (Wildman–Crippen LogP) is 2.34. The summed E-state index contributed by atoms with van der Waals surface area (Å²) in [5.41, 5.74) is 3.45. The molecule has 1 aromatic carbocycles. The molecule has 24 heavy (non-hydrogen) atoms. The van der Waals surface area contributed by atoms with E-state index >= 15 is 0 Å². The van der Waals surface area contributed by atoms with Crippen LogP contribution in [0.15, 0.2) is 36.5 Å². The molecule has 2 N–H and O–H groups in total. The monoisotopic (exact) mass is 322 g/mol. The average molecular weight is 322 g/mol. The molecule has 6 nitrogen and oxygen atoms in total. The first-order valence-corrected chi connectivity index (χ1v) is 8.57. The normalized spacial score (nSPS) is 17.0. The van der Waals surface area contributed by atoms with Crippen molar-refractivity contribution < 1.29 is 0 Å². The van der Waals surface area contributed by atoms with Gasteiger partial charge in [-0.2, -0.15) is 10.2 Å². The van der Waals surface area contributed by atoms with Crippen LogP contribution in [0.4, 0.5) is 0 Å². The fourth-order valence-electron chi connectivity index (χ4n) is 3.23. The van der Waals surface area contributed by atoms with Gasteiger partial charge in [0.1, 0.15) is 5.82 Å². The summed E-state index contributed by atoms with van der Waals surface area (Å²) >= 11 is 0. The number of nitrogens with zero attached hydrogens (tertiary/aromatic N) is 4. The highest BCUT2D eigenvalue weighted by Gasteiger charge is 2.21. The van der Waals surface area contributed by atoms with Crippen LogP contribution in [0.2, 0.25) is 0 Å². The molecule has 4 rings (SSSR count). The molecule has 0 amide bonds. The first-order chi connectivity index (χ1) is 11.8. The standard InChI is InChI=1S/C18H22N6/c1-2-16-21-17-9-8-15(12-24(17)23-16)19-10-14-11-20-22-18(14)13-6-4-3-5-7-13/h3-7,11,15,19H,2,8-10,12H2,1H3,(H,20,22)/t15-/m1/s1. The second-order valence-electron chi connectivity index (χ2n) is 6.23. The Morgan fingerprint density at radius 2 is 2.17 bits per heavy atom. The fourth-order valence-corrected chi connectivity index (χ4v) is 3.23. The van der Waals surface area contributed by atoms with E-state index < -0.39 is 0 Å². The summed E-state index contributed by atoms with van der Waals surface area (Å²) in [6.07, 6.45) is 4.89. The molecule has 0 saturated heterocycles. The van der Waals surface area contributed by atoms with Crippen LogP contribution in [0.3, 0.4) is 0 Å². The van der Waals surface area contributed by atoms with Crippen LogP contribution in [0, 0.1) is 0 Å². The Morgan fingerprint density at radius 1 is 1.29 bits per heavy atom. The Balaban J connectivity index is 1.42. The van der Waals surface area contributed by atoms with E-state index in [0.29, 0.717) is 6.04 Å². The van der Waals surface area contributed by atoms with Crippen LogP contribution in [0.1, 0.15) is 30.6 Å². The van der Waals surface area contributed by atoms with Crippen LogP contribution in [-0.4, -0.2) is 31.0 Å². The minimum Gasteiger partial charge on any atom is -0.308 e. The molecule has 3 heterocycles. The molecule has 1 atom stereocenters. The van der Waals surface area contributed by atoms with Gasteiger partial charge >= 0.3 is 0 Å². The number of aromatic nitrogens is 5. The third-order valence-corrected chi connectivity index (χ3v) is 4.58. The highest BCUT2D eigenvalue weighted by Crippen LogP contribution is 2.21. The van der Waals surface area contributed by atoms with E-state index in [4.69, 9.17) is 0 Å². The summed E-state index contributed by atoms with van der Waals surface area (Å²) in [4.78, 5) is 4.58. The van der Waals surface area contributed by atoms with E-state index in [0.717, 1.165) is 49.7 Å². The molecule has 0 bridgehead atoms. The third-order valence-electron chi connectivity index (χ3n) is 4.58. The van der Waals surface area contributed by atoms with Crippen LogP contribution in [0.5, 0.6) is 0 Å². The molecule has 0 radical (unpaired) electrons. The van der Waals surface area contributed by atoms with Gasteiger partial charge in [-0.1, -0.05) is 37.3 Å². The molecule has 0 aliphatic carbocycles. The van der Waals surface area contributed by atoms with Crippen molar-refractivity contribution >= 4 is 0 Å². The second kappa shape index (κ2) is 6.57. The maximum Gasteiger partial charge on any atom is 0.150 e. The summed E-state index contributed by atoms with van der Waals surface area (Å²) in [5, 5.41) is 15.6. The smallest absolute Gasteiger partial charge is 0.150 e. The molecular formula is C18H22N6. The first-order valence-electron chi connectivity index (χ1n) is 8.57. The molecule has 0 unspecified atom stereocenters. The van der Waals surface area contributed by atoms with Crippen molar-refractivity contribution in [2.45, 2.75) is 45.3 Å². The number of benzene rings is 1. The summed E-state index contributed by atoms with van der Waals surface area (Å²) in [6.45, 7) is 3.79. The van der Waals surface area contributed by atoms with Gasteiger partial charge < -0.3 is 5.32 Å². The van der Waals surface area contributed by atoms with Gasteiger partial charge in [-0.25, -0.2) is 9.67 Å². The lowest BCUT2D eigenvalue weighted by Crippen LogP contribution is -2.37. The van der Waals surface area contributed by atoms with Crippen molar-refractivity contribution in [3.8, 4) is 11.3 Å². The number of nitrogens with one attached hydrogen (secondary N) is 2. The Hall–Kier alpha value is -2.47. The van der Waals surface area contributed by atoms with Crippen molar-refractivity contribution in [3.63, 3.8) is 0 Å². The van der Waals surface area contributed by atoms with E-state index in [1.807, 2.05) is 24.4 Å². The Kier molecular flexibility index (Phi) is 4.13. The van der Waals surface area contributed by atoms with Crippen molar-refractivity contribution in [2.24, 2.45) is 0 Å². The Labute approximate surface area is 141 Å². The zero-order valence-electron chi connectivity index (χ0n) is 13.9. The number of rotatable bonds is 5. The highest BCUT2D eigenvalue weighted by atomic mass is 15.4. The van der Waals surface area contributed by atoms with E-state index in [-0.39, 0.29) is 0 Å². The molecule has 1 aliphatic rings. The third kappa shape index (κ3) is 2.97. The largest absolute Gasteiger partial charge is 0.308 e. The molecule has 1 aliphatic heterocycles. The molecule has 0 spiro atoms. The number of fused-ring (bicyclic) bond motifs is 1. The molecule has 0 fully saturated rings. The summed E-state index contributed by atoms with van der Waals surface area (Å²) in [5.74, 6) is 2.07. The van der Waals surface area contributed by atoms with Gasteiger partial charge in [0.2, 0.25) is 0 Å². The highest BCUT2D eigenvalue weighted by molar-refractivity contribution is 5.62. The fraction of sp³-hybridized carbons (Fsp3) is 0.389. The lowest BCUT2D eigenvalue weighted by atomic mass is 10.1. The van der Waals surface area contributed by atoms with Crippen LogP contribution >= 0.6 is 0 Å². The van der Waals surface area contributed by atoms with Crippen LogP contribution < -0.4 is 5.32 Å². The van der Waals surface area contributed by atoms with Crippen molar-refractivity contribution in [2.75, 3.05) is 0 Å². The SMILES string of the molecule is CCc1nc2n(n1)C[C@H](NCc1cn[nH]c1-c1ccccc1)CC2. The van der Waals surface area contributed by atoms with Gasteiger partial charge in [0.25, 0.3) is 0 Å². The maximum absolute atomic E-state index is 4.58. The molecule has 6 heteroatoms. The molecule has 0 saturated carbocycles. The van der Waals surface area contributed by atoms with Crippen LogP contribution in [-0.2, 0) is 25.9 Å². The number of aromatic amines is 1. The number of hydrogen-bond acceptors (Lipinski definition) is 4. The van der Waals surface area contributed by atoms with E-state index in [1.165, 1.54) is 11.1 Å². The molecular weight excluding hydrogens is 300 g/mol. The Bertz CT molecular complexity index is 804.